The Kier molecular flexibility index (Phi) is 6.86. The summed E-state index contributed by atoms with van der Waals surface area (Å²) >= 11 is 1.51. The molecule has 0 saturated heterocycles. The molecule has 8 heteroatoms. The van der Waals surface area contributed by atoms with Crippen molar-refractivity contribution in [1.29, 1.82) is 0 Å². The van der Waals surface area contributed by atoms with Gasteiger partial charge in [-0.3, -0.25) is 5.32 Å². The van der Waals surface area contributed by atoms with Crippen LogP contribution in [-0.2, 0) is 43.5 Å². The molecule has 0 spiro atoms. The number of hydrogen-bond donors (Lipinski definition) is 4. The van der Waals surface area contributed by atoms with E-state index in [0.29, 0.717) is 23.0 Å². The third-order valence-electron chi connectivity index (χ3n) is 6.37. The number of aromatic amines is 1. The molecule has 4 rings (SSSR count). The Morgan fingerprint density at radius 2 is 2.00 bits per heavy atom. The smallest absolute Gasteiger partial charge is 0.341 e. The first-order valence-corrected chi connectivity index (χ1v) is 12.8. The number of carbonyl (C=O) groups is 2. The first kappa shape index (κ1) is 23.8. The van der Waals surface area contributed by atoms with E-state index in [2.05, 4.69) is 34.8 Å². The molecule has 1 aliphatic carbocycles. The van der Waals surface area contributed by atoms with Crippen molar-refractivity contribution in [1.82, 2.24) is 15.6 Å². The number of H-pyrrole nitrogens is 1. The van der Waals surface area contributed by atoms with Crippen molar-refractivity contribution < 1.29 is 14.3 Å². The second-order valence-corrected chi connectivity index (χ2v) is 11.3. The van der Waals surface area contributed by atoms with Gasteiger partial charge in [0.05, 0.1) is 5.56 Å². The van der Waals surface area contributed by atoms with Crippen LogP contribution in [0, 0.1) is 5.92 Å². The van der Waals surface area contributed by atoms with E-state index in [4.69, 9.17) is 4.74 Å². The topological polar surface area (TPSA) is 95.3 Å². The number of ether oxygens (including phenoxy) is 1. The number of amides is 2. The highest BCUT2D eigenvalue weighted by molar-refractivity contribution is 7.17. The molecule has 180 valence electrons. The summed E-state index contributed by atoms with van der Waals surface area (Å²) in [5.74, 6) is 0.219. The number of hydrogen-bond acceptors (Lipinski definition) is 5. The highest BCUT2D eigenvalue weighted by Gasteiger charge is 2.31. The number of anilines is 1. The van der Waals surface area contributed by atoms with Gasteiger partial charge in [0.15, 0.2) is 0 Å². The van der Waals surface area contributed by atoms with E-state index in [0.717, 1.165) is 50.8 Å². The quantitative estimate of drug-likeness (QED) is 0.475. The summed E-state index contributed by atoms with van der Waals surface area (Å²) in [7, 11) is 0. The van der Waals surface area contributed by atoms with Crippen molar-refractivity contribution in [3.8, 4) is 0 Å². The monoisotopic (exact) mass is 472 g/mol. The predicted molar refractivity (Wildman–Crippen MR) is 132 cm³/mol. The third kappa shape index (κ3) is 5.27. The minimum Gasteiger partial charge on any atom is -0.456 e. The maximum Gasteiger partial charge on any atom is 0.341 e. The van der Waals surface area contributed by atoms with Crippen LogP contribution in [-0.4, -0.2) is 29.1 Å². The van der Waals surface area contributed by atoms with Crippen LogP contribution >= 0.6 is 11.3 Å². The lowest BCUT2D eigenvalue weighted by atomic mass is 9.88. The number of urea groups is 1. The molecule has 2 amide bonds. The highest BCUT2D eigenvalue weighted by Crippen LogP contribution is 2.40. The van der Waals surface area contributed by atoms with E-state index >= 15 is 0 Å². The average Bonchev–Trinajstić information content (AvgIpc) is 3.27. The van der Waals surface area contributed by atoms with Gasteiger partial charge in [0.25, 0.3) is 0 Å². The number of nitrogens with one attached hydrogen (secondary N) is 4. The molecule has 2 aromatic heterocycles. The Labute approximate surface area is 200 Å². The Bertz CT molecular complexity index is 1050. The molecule has 2 aliphatic rings. The fraction of sp³-hybridized carbons (Fsp3) is 0.600. The minimum absolute atomic E-state index is 0.294. The lowest BCUT2D eigenvalue weighted by Crippen LogP contribution is -2.30. The van der Waals surface area contributed by atoms with E-state index in [1.54, 1.807) is 0 Å². The molecule has 0 saturated carbocycles. The zero-order valence-corrected chi connectivity index (χ0v) is 21.2. The van der Waals surface area contributed by atoms with Crippen molar-refractivity contribution in [2.75, 3.05) is 11.9 Å². The van der Waals surface area contributed by atoms with Gasteiger partial charge < -0.3 is 20.4 Å². The molecule has 0 radical (unpaired) electrons. The van der Waals surface area contributed by atoms with E-state index in [1.807, 2.05) is 20.8 Å². The first-order valence-electron chi connectivity index (χ1n) is 12.0. The molecule has 0 fully saturated rings. The van der Waals surface area contributed by atoms with Crippen LogP contribution < -0.4 is 16.0 Å². The maximum absolute atomic E-state index is 13.1. The standard InChI is InChI=1S/C25H36N4O3S/c1-6-18-17(15-9-10-26-13-19(15)28-18)12-27-24(31)29-22-21(23(30)32-25(3,4)5)16-8-7-14(2)11-20(16)33-22/h14,26,28H,6-13H2,1-5H3,(H2,27,29,31). The molecule has 0 bridgehead atoms. The molecule has 1 aliphatic heterocycles. The lowest BCUT2D eigenvalue weighted by Gasteiger charge is -2.22. The zero-order chi connectivity index (χ0) is 23.8. The largest absolute Gasteiger partial charge is 0.456 e. The molecular weight excluding hydrogens is 436 g/mol. The van der Waals surface area contributed by atoms with Crippen LogP contribution in [0.3, 0.4) is 0 Å². The summed E-state index contributed by atoms with van der Waals surface area (Å²) in [5, 5.41) is 9.98. The molecule has 3 heterocycles. The van der Waals surface area contributed by atoms with Crippen LogP contribution in [0.2, 0.25) is 0 Å². The third-order valence-corrected chi connectivity index (χ3v) is 7.54. The number of aromatic nitrogens is 1. The van der Waals surface area contributed by atoms with Crippen molar-refractivity contribution in [3.05, 3.63) is 38.5 Å². The first-order chi connectivity index (χ1) is 15.7. The van der Waals surface area contributed by atoms with Gasteiger partial charge in [-0.05, 0) is 82.0 Å². The number of esters is 1. The van der Waals surface area contributed by atoms with Gasteiger partial charge in [0.1, 0.15) is 10.6 Å². The van der Waals surface area contributed by atoms with Crippen molar-refractivity contribution in [3.63, 3.8) is 0 Å². The van der Waals surface area contributed by atoms with Gasteiger partial charge in [-0.1, -0.05) is 13.8 Å². The predicted octanol–water partition coefficient (Wildman–Crippen LogP) is 4.69. The molecule has 4 N–H and O–H groups in total. The van der Waals surface area contributed by atoms with Crippen molar-refractivity contribution in [2.24, 2.45) is 5.92 Å². The minimum atomic E-state index is -0.591. The summed E-state index contributed by atoms with van der Waals surface area (Å²) in [5.41, 5.74) is 5.90. The Morgan fingerprint density at radius 3 is 2.73 bits per heavy atom. The lowest BCUT2D eigenvalue weighted by molar-refractivity contribution is 0.00697. The SMILES string of the molecule is CCc1[nH]c2c(c1CNC(=O)Nc1sc3c(c1C(=O)OC(C)(C)C)CCC(C)C3)CCNC2. The summed E-state index contributed by atoms with van der Waals surface area (Å²) in [6.07, 6.45) is 4.67. The summed E-state index contributed by atoms with van der Waals surface area (Å²) in [6, 6.07) is -0.294. The molecule has 33 heavy (non-hydrogen) atoms. The van der Waals surface area contributed by atoms with Crippen LogP contribution in [0.15, 0.2) is 0 Å². The molecule has 1 atom stereocenters. The van der Waals surface area contributed by atoms with E-state index in [-0.39, 0.29) is 12.0 Å². The fourth-order valence-corrected chi connectivity index (χ4v) is 6.19. The van der Waals surface area contributed by atoms with E-state index < -0.39 is 5.60 Å². The van der Waals surface area contributed by atoms with Crippen molar-refractivity contribution in [2.45, 2.75) is 85.4 Å². The van der Waals surface area contributed by atoms with Crippen LogP contribution in [0.4, 0.5) is 9.80 Å². The second-order valence-electron chi connectivity index (χ2n) is 10.2. The van der Waals surface area contributed by atoms with Gasteiger partial charge in [-0.25, -0.2) is 9.59 Å². The molecule has 7 nitrogen and oxygen atoms in total. The molecule has 0 aromatic carbocycles. The normalized spacial score (nSPS) is 17.8. The Morgan fingerprint density at radius 1 is 1.21 bits per heavy atom. The number of fused-ring (bicyclic) bond motifs is 2. The van der Waals surface area contributed by atoms with Gasteiger partial charge in [-0.15, -0.1) is 11.3 Å². The van der Waals surface area contributed by atoms with Gasteiger partial charge in [0, 0.05) is 29.4 Å². The number of thiophene rings is 1. The second kappa shape index (κ2) is 9.50. The number of aryl methyl sites for hydroxylation is 1. The summed E-state index contributed by atoms with van der Waals surface area (Å²) < 4.78 is 5.69. The molecule has 2 aromatic rings. The van der Waals surface area contributed by atoms with Crippen LogP contribution in [0.1, 0.15) is 84.4 Å². The van der Waals surface area contributed by atoms with E-state index in [9.17, 15) is 9.59 Å². The van der Waals surface area contributed by atoms with Gasteiger partial charge in [0.2, 0.25) is 0 Å². The number of carbonyl (C=O) groups excluding carboxylic acids is 2. The number of rotatable bonds is 5. The Hall–Kier alpha value is -2.32. The highest BCUT2D eigenvalue weighted by atomic mass is 32.1. The summed E-state index contributed by atoms with van der Waals surface area (Å²) in [6.45, 7) is 12.2. The van der Waals surface area contributed by atoms with Crippen LogP contribution in [0.5, 0.6) is 0 Å². The maximum atomic E-state index is 13.1. The average molecular weight is 473 g/mol. The Balaban J connectivity index is 1.52. The van der Waals surface area contributed by atoms with Gasteiger partial charge >= 0.3 is 12.0 Å². The molecular formula is C25H36N4O3S. The molecule has 1 unspecified atom stereocenters. The van der Waals surface area contributed by atoms with Crippen molar-refractivity contribution >= 4 is 28.3 Å². The summed E-state index contributed by atoms with van der Waals surface area (Å²) in [4.78, 5) is 30.7. The fourth-order valence-electron chi connectivity index (χ4n) is 4.79. The van der Waals surface area contributed by atoms with Crippen LogP contribution in [0.25, 0.3) is 0 Å². The van der Waals surface area contributed by atoms with E-state index in [1.165, 1.54) is 38.7 Å². The zero-order valence-electron chi connectivity index (χ0n) is 20.4. The van der Waals surface area contributed by atoms with Gasteiger partial charge in [-0.2, -0.15) is 0 Å².